The molecule has 2 N–H and O–H groups in total. The number of hydrogen-bond donors (Lipinski definition) is 2. The van der Waals surface area contributed by atoms with Crippen molar-refractivity contribution in [3.8, 4) is 11.1 Å². The van der Waals surface area contributed by atoms with Gasteiger partial charge in [0.2, 0.25) is 0 Å². The predicted molar refractivity (Wildman–Crippen MR) is 140 cm³/mol. The maximum absolute atomic E-state index is 13.4. The lowest BCUT2D eigenvalue weighted by Gasteiger charge is -2.20. The quantitative estimate of drug-likeness (QED) is 0.402. The van der Waals surface area contributed by atoms with Crippen LogP contribution in [0.3, 0.4) is 0 Å². The second-order valence-corrected chi connectivity index (χ2v) is 9.59. The lowest BCUT2D eigenvalue weighted by atomic mass is 9.91. The Balaban J connectivity index is 1.33. The summed E-state index contributed by atoms with van der Waals surface area (Å²) in [6.07, 6.45) is 2.82. The molecule has 7 heteroatoms. The minimum Gasteiger partial charge on any atom is -0.361 e. The van der Waals surface area contributed by atoms with Crippen LogP contribution in [0.1, 0.15) is 27.9 Å². The molecule has 0 radical (unpaired) electrons. The van der Waals surface area contributed by atoms with Crippen LogP contribution in [0.2, 0.25) is 0 Å². The normalized spacial score (nSPS) is 19.0. The molecule has 184 valence electrons. The van der Waals surface area contributed by atoms with Crippen molar-refractivity contribution in [2.45, 2.75) is 19.0 Å². The molecule has 1 fully saturated rings. The molecule has 2 heterocycles. The molecule has 6 nitrogen and oxygen atoms in total. The van der Waals surface area contributed by atoms with Gasteiger partial charge in [-0.25, -0.2) is 4.39 Å². The van der Waals surface area contributed by atoms with Gasteiger partial charge in [0.15, 0.2) is 0 Å². The van der Waals surface area contributed by atoms with Crippen molar-refractivity contribution in [2.75, 3.05) is 32.5 Å². The van der Waals surface area contributed by atoms with Crippen LogP contribution in [-0.4, -0.2) is 54.8 Å². The molecular weight excluding hydrogens is 455 g/mol. The number of likely N-dealkylation sites (N-methyl/N-ethyl adjacent to an activating group) is 1. The molecule has 0 aromatic heterocycles. The monoisotopic (exact) mass is 484 g/mol. The summed E-state index contributed by atoms with van der Waals surface area (Å²) in [4.78, 5) is 29.9. The Bertz CT molecular complexity index is 1320. The third kappa shape index (κ3) is 5.08. The Morgan fingerprint density at radius 2 is 1.69 bits per heavy atom. The zero-order chi connectivity index (χ0) is 25.2. The number of nitrogens with one attached hydrogen (secondary N) is 2. The van der Waals surface area contributed by atoms with Gasteiger partial charge < -0.3 is 10.2 Å². The Morgan fingerprint density at radius 3 is 2.39 bits per heavy atom. The van der Waals surface area contributed by atoms with Gasteiger partial charge in [0, 0.05) is 48.7 Å². The van der Waals surface area contributed by atoms with Crippen LogP contribution in [0.15, 0.2) is 72.9 Å². The number of rotatable bonds is 6. The van der Waals surface area contributed by atoms with E-state index in [4.69, 9.17) is 0 Å². The molecule has 1 unspecified atom stereocenters. The molecule has 1 saturated heterocycles. The number of likely N-dealkylation sites (tertiary alicyclic amines) is 1. The first-order chi connectivity index (χ1) is 17.4. The van der Waals surface area contributed by atoms with E-state index in [1.54, 1.807) is 36.5 Å². The minimum atomic E-state index is -0.461. The van der Waals surface area contributed by atoms with Gasteiger partial charge in [-0.15, -0.1) is 0 Å². The summed E-state index contributed by atoms with van der Waals surface area (Å²) >= 11 is 0. The van der Waals surface area contributed by atoms with Crippen LogP contribution in [0.5, 0.6) is 0 Å². The third-order valence-corrected chi connectivity index (χ3v) is 6.92. The fraction of sp³-hybridized carbons (Fsp3) is 0.241. The molecule has 2 amide bonds. The Hall–Kier alpha value is -3.81. The summed E-state index contributed by atoms with van der Waals surface area (Å²) < 4.78 is 13.4. The lowest BCUT2D eigenvalue weighted by Crippen LogP contribution is -2.36. The first-order valence-electron chi connectivity index (χ1n) is 12.1. The fourth-order valence-corrected chi connectivity index (χ4v) is 4.79. The molecule has 3 aromatic carbocycles. The maximum Gasteiger partial charge on any atom is 0.260 e. The van der Waals surface area contributed by atoms with Crippen LogP contribution < -0.4 is 10.6 Å². The van der Waals surface area contributed by atoms with Crippen LogP contribution >= 0.6 is 0 Å². The van der Waals surface area contributed by atoms with Gasteiger partial charge in [-0.3, -0.25) is 19.8 Å². The molecule has 0 bridgehead atoms. The van der Waals surface area contributed by atoms with E-state index in [9.17, 15) is 14.0 Å². The number of nitrogens with zero attached hydrogens (tertiary/aromatic N) is 2. The van der Waals surface area contributed by atoms with Crippen molar-refractivity contribution in [1.82, 2.24) is 15.1 Å². The van der Waals surface area contributed by atoms with E-state index in [-0.39, 0.29) is 5.82 Å². The highest BCUT2D eigenvalue weighted by atomic mass is 19.1. The summed E-state index contributed by atoms with van der Waals surface area (Å²) in [5.74, 6) is -1.21. The van der Waals surface area contributed by atoms with E-state index in [1.165, 1.54) is 24.1 Å². The molecule has 2 aliphatic heterocycles. The molecule has 2 aliphatic rings. The standard InChI is InChI=1S/C29H29FN4O2/c1-33(2)24-13-14-34(18-24)17-19-3-10-23(11-4-19)31-16-27-26-15-21(20-5-8-22(30)9-6-20)7-12-25(26)28(35)32-29(27)36/h3-12,15-16,24,31H,13-14,17-18H2,1-2H3,(H,32,35,36)/b27-16-. The molecule has 3 aromatic rings. The van der Waals surface area contributed by atoms with Crippen molar-refractivity contribution in [1.29, 1.82) is 0 Å². The topological polar surface area (TPSA) is 64.7 Å². The Morgan fingerprint density at radius 1 is 0.972 bits per heavy atom. The van der Waals surface area contributed by atoms with Gasteiger partial charge in [-0.1, -0.05) is 30.3 Å². The molecule has 1 atom stereocenters. The van der Waals surface area contributed by atoms with E-state index in [1.807, 2.05) is 12.1 Å². The van der Waals surface area contributed by atoms with Crippen LogP contribution in [0, 0.1) is 5.82 Å². The molecule has 0 saturated carbocycles. The number of fused-ring (bicyclic) bond motifs is 1. The number of amides is 2. The van der Waals surface area contributed by atoms with Crippen LogP contribution in [0.25, 0.3) is 16.7 Å². The molecule has 5 rings (SSSR count). The van der Waals surface area contributed by atoms with E-state index in [0.717, 1.165) is 36.4 Å². The predicted octanol–water partition coefficient (Wildman–Crippen LogP) is 4.35. The van der Waals surface area contributed by atoms with Gasteiger partial charge in [0.05, 0.1) is 5.57 Å². The second-order valence-electron chi connectivity index (χ2n) is 9.59. The van der Waals surface area contributed by atoms with Gasteiger partial charge in [-0.2, -0.15) is 0 Å². The Kier molecular flexibility index (Phi) is 6.67. The van der Waals surface area contributed by atoms with E-state index in [2.05, 4.69) is 46.7 Å². The minimum absolute atomic E-state index is 0.319. The van der Waals surface area contributed by atoms with Crippen molar-refractivity contribution < 1.29 is 14.0 Å². The van der Waals surface area contributed by atoms with Gasteiger partial charge in [0.1, 0.15) is 5.82 Å². The van der Waals surface area contributed by atoms with E-state index in [0.29, 0.717) is 22.7 Å². The summed E-state index contributed by atoms with van der Waals surface area (Å²) in [5, 5.41) is 5.61. The number of carbonyl (C=O) groups is 2. The molecule has 0 spiro atoms. The van der Waals surface area contributed by atoms with Crippen molar-refractivity contribution in [3.05, 3.63) is 95.4 Å². The largest absolute Gasteiger partial charge is 0.361 e. The van der Waals surface area contributed by atoms with Crippen LogP contribution in [-0.2, 0) is 11.3 Å². The van der Waals surface area contributed by atoms with Crippen molar-refractivity contribution in [3.63, 3.8) is 0 Å². The first-order valence-corrected chi connectivity index (χ1v) is 12.1. The van der Waals surface area contributed by atoms with Crippen LogP contribution in [0.4, 0.5) is 10.1 Å². The highest BCUT2D eigenvalue weighted by molar-refractivity contribution is 6.31. The van der Waals surface area contributed by atoms with Crippen molar-refractivity contribution >= 4 is 23.1 Å². The summed E-state index contributed by atoms with van der Waals surface area (Å²) in [5.41, 5.74) is 5.01. The second kappa shape index (κ2) is 10.0. The lowest BCUT2D eigenvalue weighted by molar-refractivity contribution is -0.114. The SMILES string of the molecule is CN(C)C1CCN(Cc2ccc(N/C=C3\C(=O)NC(=O)c4ccc(-c5ccc(F)cc5)cc43)cc2)C1. The number of carbonyl (C=O) groups excluding carboxylic acids is 2. The number of imide groups is 1. The Labute approximate surface area is 210 Å². The highest BCUT2D eigenvalue weighted by Gasteiger charge is 2.28. The molecular formula is C29H29FN4O2. The molecule has 0 aliphatic carbocycles. The zero-order valence-corrected chi connectivity index (χ0v) is 20.4. The average molecular weight is 485 g/mol. The first kappa shape index (κ1) is 23.9. The summed E-state index contributed by atoms with van der Waals surface area (Å²) in [7, 11) is 4.27. The zero-order valence-electron chi connectivity index (χ0n) is 20.4. The van der Waals surface area contributed by atoms with E-state index < -0.39 is 11.8 Å². The van der Waals surface area contributed by atoms with Gasteiger partial charge in [-0.05, 0) is 73.6 Å². The van der Waals surface area contributed by atoms with E-state index >= 15 is 0 Å². The smallest absolute Gasteiger partial charge is 0.260 e. The summed E-state index contributed by atoms with van der Waals surface area (Å²) in [6.45, 7) is 3.09. The van der Waals surface area contributed by atoms with Gasteiger partial charge >= 0.3 is 0 Å². The third-order valence-electron chi connectivity index (χ3n) is 6.92. The number of hydrogen-bond acceptors (Lipinski definition) is 5. The average Bonchev–Trinajstić information content (AvgIpc) is 3.34. The number of benzene rings is 3. The van der Waals surface area contributed by atoms with Crippen molar-refractivity contribution in [2.24, 2.45) is 0 Å². The maximum atomic E-state index is 13.4. The fourth-order valence-electron chi connectivity index (χ4n) is 4.79. The van der Waals surface area contributed by atoms with Gasteiger partial charge in [0.25, 0.3) is 11.8 Å². The number of anilines is 1. The number of halogens is 1. The highest BCUT2D eigenvalue weighted by Crippen LogP contribution is 2.30. The summed E-state index contributed by atoms with van der Waals surface area (Å²) in [6, 6.07) is 20.2. The molecule has 36 heavy (non-hydrogen) atoms.